The molecule has 0 spiro atoms. The SMILES string of the molecule is CC1C=CC=CC1[C@@H](OC1CC1)C(=O)O. The Morgan fingerprint density at radius 1 is 1.40 bits per heavy atom. The number of carbonyl (C=O) groups is 1. The van der Waals surface area contributed by atoms with Crippen molar-refractivity contribution < 1.29 is 14.6 Å². The highest BCUT2D eigenvalue weighted by Gasteiger charge is 2.36. The van der Waals surface area contributed by atoms with Gasteiger partial charge in [0.1, 0.15) is 0 Å². The molecule has 15 heavy (non-hydrogen) atoms. The van der Waals surface area contributed by atoms with Crippen LogP contribution in [0.15, 0.2) is 24.3 Å². The molecule has 82 valence electrons. The minimum Gasteiger partial charge on any atom is -0.479 e. The Hall–Kier alpha value is -1.09. The highest BCUT2D eigenvalue weighted by molar-refractivity contribution is 5.73. The Labute approximate surface area is 89.4 Å². The van der Waals surface area contributed by atoms with E-state index in [0.717, 1.165) is 12.8 Å². The van der Waals surface area contributed by atoms with Crippen molar-refractivity contribution in [1.29, 1.82) is 0 Å². The van der Waals surface area contributed by atoms with Gasteiger partial charge in [-0.1, -0.05) is 31.2 Å². The number of hydrogen-bond donors (Lipinski definition) is 1. The first-order valence-electron chi connectivity index (χ1n) is 5.41. The summed E-state index contributed by atoms with van der Waals surface area (Å²) in [6.45, 7) is 2.02. The van der Waals surface area contributed by atoms with Crippen molar-refractivity contribution in [1.82, 2.24) is 0 Å². The smallest absolute Gasteiger partial charge is 0.333 e. The molecule has 0 aliphatic heterocycles. The predicted molar refractivity (Wildman–Crippen MR) is 56.5 cm³/mol. The van der Waals surface area contributed by atoms with Gasteiger partial charge in [-0.05, 0) is 18.8 Å². The van der Waals surface area contributed by atoms with E-state index in [9.17, 15) is 4.79 Å². The normalized spacial score (nSPS) is 31.5. The molecule has 2 rings (SSSR count). The molecule has 2 aliphatic rings. The van der Waals surface area contributed by atoms with E-state index in [2.05, 4.69) is 0 Å². The van der Waals surface area contributed by atoms with Crippen LogP contribution in [0.5, 0.6) is 0 Å². The van der Waals surface area contributed by atoms with Crippen LogP contribution in [-0.2, 0) is 9.53 Å². The molecule has 2 unspecified atom stereocenters. The highest BCUT2D eigenvalue weighted by Crippen LogP contribution is 2.31. The zero-order valence-electron chi connectivity index (χ0n) is 8.80. The fraction of sp³-hybridized carbons (Fsp3) is 0.583. The summed E-state index contributed by atoms with van der Waals surface area (Å²) in [7, 11) is 0. The van der Waals surface area contributed by atoms with Gasteiger partial charge < -0.3 is 9.84 Å². The lowest BCUT2D eigenvalue weighted by molar-refractivity contribution is -0.155. The highest BCUT2D eigenvalue weighted by atomic mass is 16.5. The van der Waals surface area contributed by atoms with Gasteiger partial charge in [-0.15, -0.1) is 0 Å². The molecule has 1 saturated carbocycles. The molecule has 0 bridgehead atoms. The fourth-order valence-electron chi connectivity index (χ4n) is 1.84. The van der Waals surface area contributed by atoms with Crippen LogP contribution in [0, 0.1) is 11.8 Å². The van der Waals surface area contributed by atoms with Crippen molar-refractivity contribution in [3.63, 3.8) is 0 Å². The van der Waals surface area contributed by atoms with E-state index in [1.165, 1.54) is 0 Å². The maximum absolute atomic E-state index is 11.1. The van der Waals surface area contributed by atoms with E-state index in [0.29, 0.717) is 0 Å². The molecule has 3 heteroatoms. The van der Waals surface area contributed by atoms with Crippen LogP contribution in [0.3, 0.4) is 0 Å². The van der Waals surface area contributed by atoms with E-state index in [4.69, 9.17) is 9.84 Å². The summed E-state index contributed by atoms with van der Waals surface area (Å²) in [5, 5.41) is 9.14. The first-order chi connectivity index (χ1) is 7.18. The van der Waals surface area contributed by atoms with Crippen LogP contribution in [0.2, 0.25) is 0 Å². The van der Waals surface area contributed by atoms with Gasteiger partial charge in [0.25, 0.3) is 0 Å². The summed E-state index contributed by atoms with van der Waals surface area (Å²) in [5.74, 6) is -0.651. The molecule has 1 fully saturated rings. The zero-order chi connectivity index (χ0) is 10.8. The quantitative estimate of drug-likeness (QED) is 0.768. The van der Waals surface area contributed by atoms with Gasteiger partial charge in [0, 0.05) is 5.92 Å². The van der Waals surface area contributed by atoms with E-state index in [1.54, 1.807) is 0 Å². The van der Waals surface area contributed by atoms with E-state index >= 15 is 0 Å². The average Bonchev–Trinajstić information content (AvgIpc) is 2.99. The van der Waals surface area contributed by atoms with Gasteiger partial charge in [0.2, 0.25) is 0 Å². The summed E-state index contributed by atoms with van der Waals surface area (Å²) in [6, 6.07) is 0. The minimum atomic E-state index is -0.848. The molecule has 0 radical (unpaired) electrons. The summed E-state index contributed by atoms with van der Waals surface area (Å²) in [4.78, 5) is 11.1. The van der Waals surface area contributed by atoms with Crippen LogP contribution in [0.4, 0.5) is 0 Å². The Balaban J connectivity index is 2.05. The van der Waals surface area contributed by atoms with Crippen LogP contribution in [0.25, 0.3) is 0 Å². The van der Waals surface area contributed by atoms with Gasteiger partial charge in [0.05, 0.1) is 6.10 Å². The van der Waals surface area contributed by atoms with Gasteiger partial charge in [-0.3, -0.25) is 0 Å². The third-order valence-electron chi connectivity index (χ3n) is 2.92. The fourth-order valence-corrected chi connectivity index (χ4v) is 1.84. The zero-order valence-corrected chi connectivity index (χ0v) is 8.80. The molecule has 0 aromatic carbocycles. The van der Waals surface area contributed by atoms with Crippen molar-refractivity contribution in [2.45, 2.75) is 32.0 Å². The number of hydrogen-bond acceptors (Lipinski definition) is 2. The molecule has 3 atom stereocenters. The number of carboxylic acid groups (broad SMARTS) is 1. The Bertz CT molecular complexity index is 302. The van der Waals surface area contributed by atoms with Crippen LogP contribution < -0.4 is 0 Å². The molecular formula is C12H16O3. The number of aliphatic carboxylic acids is 1. The van der Waals surface area contributed by atoms with E-state index in [-0.39, 0.29) is 17.9 Å². The third-order valence-corrected chi connectivity index (χ3v) is 2.92. The predicted octanol–water partition coefficient (Wildman–Crippen LogP) is 2.00. The molecule has 1 N–H and O–H groups in total. The van der Waals surface area contributed by atoms with Gasteiger partial charge in [0.15, 0.2) is 6.10 Å². The molecule has 0 heterocycles. The van der Waals surface area contributed by atoms with Crippen LogP contribution in [0.1, 0.15) is 19.8 Å². The molecule has 2 aliphatic carbocycles. The molecule has 0 aromatic rings. The summed E-state index contributed by atoms with van der Waals surface area (Å²) in [5.41, 5.74) is 0. The van der Waals surface area contributed by atoms with E-state index in [1.807, 2.05) is 31.2 Å². The second-order valence-corrected chi connectivity index (χ2v) is 4.30. The molecule has 0 saturated heterocycles. The Kier molecular flexibility index (Phi) is 2.91. The van der Waals surface area contributed by atoms with E-state index < -0.39 is 12.1 Å². The first-order valence-corrected chi connectivity index (χ1v) is 5.41. The maximum atomic E-state index is 11.1. The van der Waals surface area contributed by atoms with Crippen molar-refractivity contribution in [3.05, 3.63) is 24.3 Å². The number of rotatable bonds is 4. The van der Waals surface area contributed by atoms with Crippen molar-refractivity contribution in [3.8, 4) is 0 Å². The number of carboxylic acids is 1. The van der Waals surface area contributed by atoms with Crippen LogP contribution in [-0.4, -0.2) is 23.3 Å². The summed E-state index contributed by atoms with van der Waals surface area (Å²) in [6.07, 6.45) is 9.32. The Morgan fingerprint density at radius 3 is 2.60 bits per heavy atom. The average molecular weight is 208 g/mol. The maximum Gasteiger partial charge on any atom is 0.333 e. The molecule has 3 nitrogen and oxygen atoms in total. The lowest BCUT2D eigenvalue weighted by atomic mass is 9.85. The second kappa shape index (κ2) is 4.19. The number of ether oxygens (including phenoxy) is 1. The van der Waals surface area contributed by atoms with Gasteiger partial charge in [-0.25, -0.2) is 4.79 Å². The first kappa shape index (κ1) is 10.4. The van der Waals surface area contributed by atoms with Gasteiger partial charge >= 0.3 is 5.97 Å². The van der Waals surface area contributed by atoms with Crippen molar-refractivity contribution >= 4 is 5.97 Å². The van der Waals surface area contributed by atoms with Crippen molar-refractivity contribution in [2.75, 3.05) is 0 Å². The lowest BCUT2D eigenvalue weighted by Crippen LogP contribution is -2.35. The molecule has 0 amide bonds. The molecule has 0 aromatic heterocycles. The monoisotopic (exact) mass is 208 g/mol. The summed E-state index contributed by atoms with van der Waals surface area (Å²) >= 11 is 0. The third kappa shape index (κ3) is 2.48. The lowest BCUT2D eigenvalue weighted by Gasteiger charge is -2.26. The van der Waals surface area contributed by atoms with Crippen LogP contribution >= 0.6 is 0 Å². The topological polar surface area (TPSA) is 46.5 Å². The Morgan fingerprint density at radius 2 is 2.07 bits per heavy atom. The minimum absolute atomic E-state index is 0.0342. The second-order valence-electron chi connectivity index (χ2n) is 4.30. The summed E-state index contributed by atoms with van der Waals surface area (Å²) < 4.78 is 5.55. The van der Waals surface area contributed by atoms with Gasteiger partial charge in [-0.2, -0.15) is 0 Å². The van der Waals surface area contributed by atoms with Crippen molar-refractivity contribution in [2.24, 2.45) is 11.8 Å². The molecular weight excluding hydrogens is 192 g/mol. The largest absolute Gasteiger partial charge is 0.479 e. The number of allylic oxidation sites excluding steroid dienone is 3. The standard InChI is InChI=1S/C12H16O3/c1-8-4-2-3-5-10(8)11(12(13)14)15-9-6-7-9/h2-5,8-11H,6-7H2,1H3,(H,13,14)/t8?,10?,11-/m1/s1.